The van der Waals surface area contributed by atoms with E-state index in [2.05, 4.69) is 11.4 Å². The number of hydrogen-bond donors (Lipinski definition) is 1. The Morgan fingerprint density at radius 1 is 1.19 bits per heavy atom. The molecule has 4 heteroatoms. The van der Waals surface area contributed by atoms with Gasteiger partial charge in [0.2, 0.25) is 5.91 Å². The molecule has 0 spiro atoms. The molecule has 1 aromatic rings. The molecule has 2 aliphatic rings. The molecule has 3 rings (SSSR count). The summed E-state index contributed by atoms with van der Waals surface area (Å²) in [5, 5.41) is 3.01. The van der Waals surface area contributed by atoms with Gasteiger partial charge in [-0.3, -0.25) is 4.79 Å². The molecule has 1 saturated carbocycles. The molecule has 0 saturated heterocycles. The molecule has 1 N–H and O–H groups in total. The molecular formula is C17H21NO3. The lowest BCUT2D eigenvalue weighted by Crippen LogP contribution is -2.60. The highest BCUT2D eigenvalue weighted by Crippen LogP contribution is 2.42. The van der Waals surface area contributed by atoms with E-state index in [4.69, 9.17) is 4.74 Å². The number of nitrogens with one attached hydrogen (secondary N) is 1. The number of carbonyl (C=O) groups is 2. The fourth-order valence-corrected chi connectivity index (χ4v) is 3.69. The molecule has 0 heterocycles. The second-order valence-electron chi connectivity index (χ2n) is 6.40. The van der Waals surface area contributed by atoms with Crippen molar-refractivity contribution in [3.05, 3.63) is 35.4 Å². The number of ether oxygens (including phenoxy) is 1. The Hall–Kier alpha value is -1.84. The van der Waals surface area contributed by atoms with Crippen LogP contribution < -0.4 is 5.32 Å². The lowest BCUT2D eigenvalue weighted by atomic mass is 9.64. The molecule has 1 fully saturated rings. The van der Waals surface area contributed by atoms with Crippen LogP contribution >= 0.6 is 0 Å². The van der Waals surface area contributed by atoms with E-state index in [9.17, 15) is 9.59 Å². The van der Waals surface area contributed by atoms with Gasteiger partial charge < -0.3 is 10.1 Å². The van der Waals surface area contributed by atoms with Gasteiger partial charge in [0.15, 0.2) is 0 Å². The third-order valence-corrected chi connectivity index (χ3v) is 5.04. The van der Waals surface area contributed by atoms with Crippen LogP contribution in [0.2, 0.25) is 0 Å². The number of methoxy groups -OCH3 is 1. The van der Waals surface area contributed by atoms with Crippen LogP contribution in [0, 0.1) is 0 Å². The zero-order valence-electron chi connectivity index (χ0n) is 12.6. The first-order valence-corrected chi connectivity index (χ1v) is 7.51. The first kappa shape index (κ1) is 14.1. The summed E-state index contributed by atoms with van der Waals surface area (Å²) in [7, 11) is 1.38. The molecule has 0 aliphatic heterocycles. The largest absolute Gasteiger partial charge is 0.467 e. The van der Waals surface area contributed by atoms with Crippen molar-refractivity contribution in [3.8, 4) is 0 Å². The predicted molar refractivity (Wildman–Crippen MR) is 78.9 cm³/mol. The lowest BCUT2D eigenvalue weighted by molar-refractivity contribution is -0.151. The van der Waals surface area contributed by atoms with Gasteiger partial charge in [0.05, 0.1) is 12.5 Å². The van der Waals surface area contributed by atoms with Crippen molar-refractivity contribution in [2.45, 2.75) is 50.0 Å². The normalized spacial score (nSPS) is 25.6. The van der Waals surface area contributed by atoms with Crippen molar-refractivity contribution in [2.75, 3.05) is 7.11 Å². The minimum atomic E-state index is -0.820. The molecule has 0 bridgehead atoms. The Bertz CT molecular complexity index is 589. The quantitative estimate of drug-likeness (QED) is 0.866. The Kier molecular flexibility index (Phi) is 3.27. The summed E-state index contributed by atoms with van der Waals surface area (Å²) in [5.74, 6) is -0.377. The van der Waals surface area contributed by atoms with Crippen LogP contribution in [0.3, 0.4) is 0 Å². The highest BCUT2D eigenvalue weighted by Gasteiger charge is 2.50. The van der Waals surface area contributed by atoms with Gasteiger partial charge in [-0.2, -0.15) is 0 Å². The van der Waals surface area contributed by atoms with Gasteiger partial charge in [-0.15, -0.1) is 0 Å². The smallest absolute Gasteiger partial charge is 0.331 e. The fraction of sp³-hybridized carbons (Fsp3) is 0.529. The SMILES string of the molecule is COC(=O)C1(NC(=O)C2(C)Cc3ccccc32)CCCC1. The van der Waals surface area contributed by atoms with Crippen LogP contribution in [-0.2, 0) is 26.2 Å². The van der Waals surface area contributed by atoms with E-state index in [0.29, 0.717) is 12.8 Å². The Labute approximate surface area is 124 Å². The minimum Gasteiger partial charge on any atom is -0.467 e. The Morgan fingerprint density at radius 2 is 1.86 bits per heavy atom. The third kappa shape index (κ3) is 2.04. The van der Waals surface area contributed by atoms with E-state index in [1.54, 1.807) is 0 Å². The third-order valence-electron chi connectivity index (χ3n) is 5.04. The van der Waals surface area contributed by atoms with E-state index in [-0.39, 0.29) is 11.9 Å². The predicted octanol–water partition coefficient (Wildman–Crippen LogP) is 2.10. The Balaban J connectivity index is 1.82. The van der Waals surface area contributed by atoms with Gasteiger partial charge in [-0.25, -0.2) is 4.79 Å². The average Bonchev–Trinajstić information content (AvgIpc) is 2.94. The van der Waals surface area contributed by atoms with E-state index in [1.165, 1.54) is 12.7 Å². The maximum atomic E-state index is 12.8. The molecule has 0 radical (unpaired) electrons. The van der Waals surface area contributed by atoms with Crippen molar-refractivity contribution in [2.24, 2.45) is 0 Å². The molecule has 1 aromatic carbocycles. The standard InChI is InChI=1S/C17H21NO3/c1-16(11-12-7-3-4-8-13(12)16)14(19)18-17(15(20)21-2)9-5-6-10-17/h3-4,7-8H,5-6,9-11H2,1-2H3,(H,18,19). The van der Waals surface area contributed by atoms with Crippen molar-refractivity contribution >= 4 is 11.9 Å². The van der Waals surface area contributed by atoms with Gasteiger partial charge in [-0.05, 0) is 37.3 Å². The Morgan fingerprint density at radius 3 is 2.48 bits per heavy atom. The van der Waals surface area contributed by atoms with Crippen molar-refractivity contribution < 1.29 is 14.3 Å². The second-order valence-corrected chi connectivity index (χ2v) is 6.40. The van der Waals surface area contributed by atoms with Crippen molar-refractivity contribution in [3.63, 3.8) is 0 Å². The number of benzene rings is 1. The maximum Gasteiger partial charge on any atom is 0.331 e. The first-order chi connectivity index (χ1) is 10.0. The van der Waals surface area contributed by atoms with E-state index in [0.717, 1.165) is 24.8 Å². The van der Waals surface area contributed by atoms with Crippen LogP contribution in [0.1, 0.15) is 43.7 Å². The molecule has 2 aliphatic carbocycles. The van der Waals surface area contributed by atoms with Gasteiger partial charge in [-0.1, -0.05) is 37.1 Å². The maximum absolute atomic E-state index is 12.8. The number of rotatable bonds is 3. The molecule has 1 unspecified atom stereocenters. The number of hydrogen-bond acceptors (Lipinski definition) is 3. The van der Waals surface area contributed by atoms with Crippen LogP contribution in [0.5, 0.6) is 0 Å². The van der Waals surface area contributed by atoms with Crippen LogP contribution in [-0.4, -0.2) is 24.5 Å². The average molecular weight is 287 g/mol. The van der Waals surface area contributed by atoms with E-state index >= 15 is 0 Å². The summed E-state index contributed by atoms with van der Waals surface area (Å²) in [5.41, 5.74) is 0.939. The summed E-state index contributed by atoms with van der Waals surface area (Å²) in [4.78, 5) is 24.9. The molecule has 1 atom stereocenters. The van der Waals surface area contributed by atoms with Gasteiger partial charge in [0.25, 0.3) is 0 Å². The number of fused-ring (bicyclic) bond motifs is 1. The van der Waals surface area contributed by atoms with Crippen LogP contribution in [0.4, 0.5) is 0 Å². The minimum absolute atomic E-state index is 0.0616. The summed E-state index contributed by atoms with van der Waals surface area (Å²) in [6.07, 6.45) is 3.96. The van der Waals surface area contributed by atoms with Gasteiger partial charge in [0, 0.05) is 0 Å². The number of carbonyl (C=O) groups excluding carboxylic acids is 2. The van der Waals surface area contributed by atoms with Gasteiger partial charge >= 0.3 is 5.97 Å². The lowest BCUT2D eigenvalue weighted by Gasteiger charge is -2.42. The van der Waals surface area contributed by atoms with Gasteiger partial charge in [0.1, 0.15) is 5.54 Å². The van der Waals surface area contributed by atoms with Crippen LogP contribution in [0.25, 0.3) is 0 Å². The summed E-state index contributed by atoms with van der Waals surface area (Å²) in [6.45, 7) is 1.95. The summed E-state index contributed by atoms with van der Waals surface area (Å²) in [6, 6.07) is 7.99. The number of esters is 1. The molecule has 112 valence electrons. The highest BCUT2D eigenvalue weighted by atomic mass is 16.5. The second kappa shape index (κ2) is 4.86. The monoisotopic (exact) mass is 287 g/mol. The van der Waals surface area contributed by atoms with E-state index in [1.807, 2.05) is 25.1 Å². The highest BCUT2D eigenvalue weighted by molar-refractivity contribution is 5.95. The first-order valence-electron chi connectivity index (χ1n) is 7.51. The van der Waals surface area contributed by atoms with Crippen molar-refractivity contribution in [1.82, 2.24) is 5.32 Å². The number of amides is 1. The summed E-state index contributed by atoms with van der Waals surface area (Å²) < 4.78 is 4.92. The summed E-state index contributed by atoms with van der Waals surface area (Å²) >= 11 is 0. The molecule has 0 aromatic heterocycles. The zero-order valence-corrected chi connectivity index (χ0v) is 12.6. The fourth-order valence-electron chi connectivity index (χ4n) is 3.69. The van der Waals surface area contributed by atoms with E-state index < -0.39 is 11.0 Å². The molecule has 21 heavy (non-hydrogen) atoms. The zero-order chi connectivity index (χ0) is 15.1. The molecular weight excluding hydrogens is 266 g/mol. The molecule has 4 nitrogen and oxygen atoms in total. The topological polar surface area (TPSA) is 55.4 Å². The van der Waals surface area contributed by atoms with Crippen LogP contribution in [0.15, 0.2) is 24.3 Å². The molecule has 1 amide bonds. The van der Waals surface area contributed by atoms with Crippen molar-refractivity contribution in [1.29, 1.82) is 0 Å².